The van der Waals surface area contributed by atoms with E-state index in [4.69, 9.17) is 11.0 Å². The van der Waals surface area contributed by atoms with Crippen molar-refractivity contribution in [3.8, 4) is 6.07 Å². The fraction of sp³-hybridized carbons (Fsp3) is 0.500. The predicted octanol–water partition coefficient (Wildman–Crippen LogP) is -0.107. The number of nitriles is 1. The summed E-state index contributed by atoms with van der Waals surface area (Å²) in [7, 11) is -3.31. The van der Waals surface area contributed by atoms with E-state index in [1.807, 2.05) is 6.07 Å². The number of carbonyl (C=O) groups excluding carboxylic acids is 2. The fourth-order valence-corrected chi connectivity index (χ4v) is 3.21. The highest BCUT2D eigenvalue weighted by Crippen LogP contribution is 2.34. The molecule has 0 radical (unpaired) electrons. The highest BCUT2D eigenvalue weighted by Gasteiger charge is 2.45. The third-order valence-electron chi connectivity index (χ3n) is 4.37. The predicted molar refractivity (Wildman–Crippen MR) is 101 cm³/mol. The van der Waals surface area contributed by atoms with E-state index < -0.39 is 33.2 Å². The van der Waals surface area contributed by atoms with Gasteiger partial charge in [0.15, 0.2) is 0 Å². The minimum Gasteiger partial charge on any atom is -0.340 e. The molecule has 0 spiro atoms. The smallest absolute Gasteiger partial charge is 0.251 e. The van der Waals surface area contributed by atoms with Crippen LogP contribution < -0.4 is 16.4 Å². The third-order valence-corrected chi connectivity index (χ3v) is 5.35. The lowest BCUT2D eigenvalue weighted by atomic mass is 10.1. The second-order valence-electron chi connectivity index (χ2n) is 6.86. The van der Waals surface area contributed by atoms with E-state index in [1.165, 1.54) is 0 Å². The number of carbonyl (C=O) groups is 2. The molecule has 0 aromatic heterocycles. The molecular formula is C18H24N4O4S. The Morgan fingerprint density at radius 2 is 1.93 bits per heavy atom. The standard InChI is InChI=1S/C18H24N4O4S/c1-27(25,26)11-7-15(17(24)22-18(12-20)8-9-18)21-16(23)14-4-2-13(3-5-14)6-10-19/h2-5,15H,6-11,19H2,1H3,(H,21,23)(H,22,24)/t15-/m0/s1. The second kappa shape index (κ2) is 8.50. The molecular weight excluding hydrogens is 368 g/mol. The van der Waals surface area contributed by atoms with Crippen LogP contribution in [0.5, 0.6) is 0 Å². The van der Waals surface area contributed by atoms with Crippen LogP contribution in [0.3, 0.4) is 0 Å². The van der Waals surface area contributed by atoms with Crippen LogP contribution in [0.25, 0.3) is 0 Å². The molecule has 1 aromatic carbocycles. The molecule has 2 amide bonds. The SMILES string of the molecule is CS(=O)(=O)CC[C@H](NC(=O)c1ccc(CCN)cc1)C(=O)NC1(C#N)CC1. The van der Waals surface area contributed by atoms with E-state index in [0.29, 0.717) is 31.4 Å². The average Bonchev–Trinajstić information content (AvgIpc) is 3.38. The van der Waals surface area contributed by atoms with Gasteiger partial charge in [0.2, 0.25) is 5.91 Å². The van der Waals surface area contributed by atoms with Gasteiger partial charge < -0.3 is 16.4 Å². The van der Waals surface area contributed by atoms with Crippen molar-refractivity contribution < 1.29 is 18.0 Å². The zero-order valence-electron chi connectivity index (χ0n) is 15.2. The van der Waals surface area contributed by atoms with E-state index in [0.717, 1.165) is 11.8 Å². The van der Waals surface area contributed by atoms with Crippen molar-refractivity contribution in [1.29, 1.82) is 5.26 Å². The van der Waals surface area contributed by atoms with Gasteiger partial charge in [0.25, 0.3) is 5.91 Å². The van der Waals surface area contributed by atoms with Gasteiger partial charge >= 0.3 is 0 Å². The highest BCUT2D eigenvalue weighted by atomic mass is 32.2. The van der Waals surface area contributed by atoms with Crippen LogP contribution in [0.1, 0.15) is 35.2 Å². The first-order chi connectivity index (χ1) is 12.7. The first kappa shape index (κ1) is 20.9. The largest absolute Gasteiger partial charge is 0.340 e. The molecule has 9 heteroatoms. The van der Waals surface area contributed by atoms with Crippen LogP contribution in [-0.4, -0.2) is 50.4 Å². The Morgan fingerprint density at radius 1 is 1.30 bits per heavy atom. The van der Waals surface area contributed by atoms with E-state index >= 15 is 0 Å². The maximum Gasteiger partial charge on any atom is 0.251 e. The summed E-state index contributed by atoms with van der Waals surface area (Å²) in [5, 5.41) is 14.3. The number of rotatable bonds is 9. The van der Waals surface area contributed by atoms with Crippen LogP contribution in [-0.2, 0) is 21.1 Å². The van der Waals surface area contributed by atoms with Crippen molar-refractivity contribution in [3.05, 3.63) is 35.4 Å². The van der Waals surface area contributed by atoms with Crippen LogP contribution in [0, 0.1) is 11.3 Å². The monoisotopic (exact) mass is 392 g/mol. The normalized spacial score (nSPS) is 16.0. The molecule has 1 saturated carbocycles. The van der Waals surface area contributed by atoms with Crippen molar-refractivity contribution >= 4 is 21.7 Å². The molecule has 0 unspecified atom stereocenters. The fourth-order valence-electron chi connectivity index (χ4n) is 2.54. The number of hydrogen-bond acceptors (Lipinski definition) is 6. The Bertz CT molecular complexity index is 839. The van der Waals surface area contributed by atoms with Crippen LogP contribution in [0.2, 0.25) is 0 Å². The van der Waals surface area contributed by atoms with E-state index in [-0.39, 0.29) is 12.2 Å². The molecule has 0 saturated heterocycles. The van der Waals surface area contributed by atoms with Crippen LogP contribution in [0.15, 0.2) is 24.3 Å². The minimum atomic E-state index is -3.31. The average molecular weight is 392 g/mol. The number of benzene rings is 1. The molecule has 8 nitrogen and oxygen atoms in total. The van der Waals surface area contributed by atoms with Gasteiger partial charge in [-0.1, -0.05) is 12.1 Å². The molecule has 0 bridgehead atoms. The maximum atomic E-state index is 12.5. The molecule has 1 fully saturated rings. The maximum absolute atomic E-state index is 12.5. The van der Waals surface area contributed by atoms with Crippen LogP contribution >= 0.6 is 0 Å². The van der Waals surface area contributed by atoms with Crippen molar-refractivity contribution in [3.63, 3.8) is 0 Å². The van der Waals surface area contributed by atoms with Gasteiger partial charge in [-0.15, -0.1) is 0 Å². The lowest BCUT2D eigenvalue weighted by Crippen LogP contribution is -2.50. The molecule has 4 N–H and O–H groups in total. The summed E-state index contributed by atoms with van der Waals surface area (Å²) in [5.74, 6) is -1.28. The van der Waals surface area contributed by atoms with E-state index in [2.05, 4.69) is 10.6 Å². The molecule has 146 valence electrons. The number of amides is 2. The highest BCUT2D eigenvalue weighted by molar-refractivity contribution is 7.90. The summed E-state index contributed by atoms with van der Waals surface area (Å²) in [6.07, 6.45) is 2.79. The molecule has 1 aromatic rings. The Kier molecular flexibility index (Phi) is 6.57. The summed E-state index contributed by atoms with van der Waals surface area (Å²) in [5.41, 5.74) is 5.95. The van der Waals surface area contributed by atoms with Crippen LogP contribution in [0.4, 0.5) is 0 Å². The third kappa shape index (κ3) is 6.34. The Balaban J connectivity index is 2.08. The molecule has 1 atom stereocenters. The summed E-state index contributed by atoms with van der Waals surface area (Å²) in [6, 6.07) is 7.82. The van der Waals surface area contributed by atoms with Gasteiger partial charge in [0, 0.05) is 11.8 Å². The van der Waals surface area contributed by atoms with Gasteiger partial charge in [-0.2, -0.15) is 5.26 Å². The summed E-state index contributed by atoms with van der Waals surface area (Å²) in [6.45, 7) is 0.500. The molecule has 2 rings (SSSR count). The van der Waals surface area contributed by atoms with Gasteiger partial charge in [-0.05, 0) is 49.9 Å². The zero-order chi connectivity index (χ0) is 20.1. The van der Waals surface area contributed by atoms with Crippen molar-refractivity contribution in [2.45, 2.75) is 37.3 Å². The minimum absolute atomic E-state index is 0.0663. The molecule has 1 aliphatic carbocycles. The van der Waals surface area contributed by atoms with Gasteiger partial charge in [-0.25, -0.2) is 8.42 Å². The lowest BCUT2D eigenvalue weighted by Gasteiger charge is -2.20. The number of hydrogen-bond donors (Lipinski definition) is 3. The quantitative estimate of drug-likeness (QED) is 0.535. The molecule has 1 aliphatic rings. The van der Waals surface area contributed by atoms with Gasteiger partial charge in [-0.3, -0.25) is 9.59 Å². The van der Waals surface area contributed by atoms with Crippen molar-refractivity contribution in [2.24, 2.45) is 5.73 Å². The zero-order valence-corrected chi connectivity index (χ0v) is 16.0. The van der Waals surface area contributed by atoms with E-state index in [1.54, 1.807) is 24.3 Å². The topological polar surface area (TPSA) is 142 Å². The summed E-state index contributed by atoms with van der Waals surface area (Å²) >= 11 is 0. The van der Waals surface area contributed by atoms with Crippen molar-refractivity contribution in [1.82, 2.24) is 10.6 Å². The Hall–Kier alpha value is -2.44. The summed E-state index contributed by atoms with van der Waals surface area (Å²) < 4.78 is 22.9. The van der Waals surface area contributed by atoms with Gasteiger partial charge in [0.05, 0.1) is 11.8 Å². The Morgan fingerprint density at radius 3 is 2.41 bits per heavy atom. The Labute approximate surface area is 159 Å². The van der Waals surface area contributed by atoms with Gasteiger partial charge in [0.1, 0.15) is 21.4 Å². The number of nitrogens with zero attached hydrogens (tertiary/aromatic N) is 1. The van der Waals surface area contributed by atoms with Crippen molar-refractivity contribution in [2.75, 3.05) is 18.6 Å². The lowest BCUT2D eigenvalue weighted by molar-refractivity contribution is -0.123. The number of sulfone groups is 1. The number of nitrogens with two attached hydrogens (primary N) is 1. The summed E-state index contributed by atoms with van der Waals surface area (Å²) in [4.78, 5) is 25.0. The first-order valence-electron chi connectivity index (χ1n) is 8.69. The molecule has 0 aliphatic heterocycles. The number of nitrogens with one attached hydrogen (secondary N) is 2. The second-order valence-corrected chi connectivity index (χ2v) is 9.12. The molecule has 0 heterocycles. The van der Waals surface area contributed by atoms with E-state index in [9.17, 15) is 18.0 Å². The first-order valence-corrected chi connectivity index (χ1v) is 10.7. The molecule has 27 heavy (non-hydrogen) atoms.